The Balaban J connectivity index is 1.84. The van der Waals surface area contributed by atoms with Crippen LogP contribution in [-0.2, 0) is 20.8 Å². The lowest BCUT2D eigenvalue weighted by Crippen LogP contribution is -2.39. The summed E-state index contributed by atoms with van der Waals surface area (Å²) in [6.45, 7) is 0.588. The third kappa shape index (κ3) is 3.78. The predicted molar refractivity (Wildman–Crippen MR) is 67.0 cm³/mol. The van der Waals surface area contributed by atoms with Gasteiger partial charge in [-0.3, -0.25) is 0 Å². The number of aliphatic hydroxyl groups is 1. The lowest BCUT2D eigenvalue weighted by Gasteiger charge is -2.33. The van der Waals surface area contributed by atoms with Crippen molar-refractivity contribution in [1.82, 2.24) is 0 Å². The Morgan fingerprint density at radius 2 is 2.06 bits per heavy atom. The van der Waals surface area contributed by atoms with Gasteiger partial charge in [0.05, 0.1) is 25.4 Å². The summed E-state index contributed by atoms with van der Waals surface area (Å²) >= 11 is 0. The summed E-state index contributed by atoms with van der Waals surface area (Å²) in [5.41, 5.74) is 1.15. The van der Waals surface area contributed by atoms with Gasteiger partial charge in [-0.25, -0.2) is 0 Å². The molecule has 100 valence electrons. The van der Waals surface area contributed by atoms with Crippen molar-refractivity contribution in [3.63, 3.8) is 0 Å². The van der Waals surface area contributed by atoms with Crippen LogP contribution in [0.3, 0.4) is 0 Å². The summed E-state index contributed by atoms with van der Waals surface area (Å²) in [6.07, 6.45) is 1.02. The fourth-order valence-electron chi connectivity index (χ4n) is 2.12. The highest BCUT2D eigenvalue weighted by atomic mass is 16.7. The molecule has 18 heavy (non-hydrogen) atoms. The third-order valence-corrected chi connectivity index (χ3v) is 3.12. The molecule has 2 rings (SSSR count). The normalized spacial score (nSPS) is 28.2. The zero-order valence-corrected chi connectivity index (χ0v) is 10.6. The Hall–Kier alpha value is -0.940. The van der Waals surface area contributed by atoms with Gasteiger partial charge in [0.2, 0.25) is 0 Å². The first-order chi connectivity index (χ1) is 8.81. The summed E-state index contributed by atoms with van der Waals surface area (Å²) < 4.78 is 16.6. The van der Waals surface area contributed by atoms with Crippen LogP contribution < -0.4 is 0 Å². The van der Waals surface area contributed by atoms with Crippen LogP contribution in [0.15, 0.2) is 30.3 Å². The molecule has 1 aliphatic rings. The van der Waals surface area contributed by atoms with E-state index < -0.39 is 0 Å². The molecule has 4 nitrogen and oxygen atoms in total. The molecule has 0 aliphatic carbocycles. The van der Waals surface area contributed by atoms with Crippen molar-refractivity contribution in [1.29, 1.82) is 0 Å². The minimum absolute atomic E-state index is 0.00502. The van der Waals surface area contributed by atoms with Crippen LogP contribution in [0.4, 0.5) is 0 Å². The first kappa shape index (κ1) is 13.5. The van der Waals surface area contributed by atoms with Gasteiger partial charge in [0.25, 0.3) is 0 Å². The topological polar surface area (TPSA) is 47.9 Å². The molecule has 1 N–H and O–H groups in total. The molecule has 0 saturated carbocycles. The van der Waals surface area contributed by atoms with Crippen molar-refractivity contribution in [3.05, 3.63) is 35.9 Å². The van der Waals surface area contributed by atoms with Crippen molar-refractivity contribution < 1.29 is 19.3 Å². The molecule has 1 aliphatic heterocycles. The van der Waals surface area contributed by atoms with E-state index in [1.807, 2.05) is 30.3 Å². The Bertz CT molecular complexity index is 329. The van der Waals surface area contributed by atoms with Crippen molar-refractivity contribution in [2.45, 2.75) is 37.9 Å². The molecule has 0 spiro atoms. The fraction of sp³-hybridized carbons (Fsp3) is 0.571. The number of hydrogen-bond acceptors (Lipinski definition) is 4. The smallest absolute Gasteiger partial charge is 0.160 e. The predicted octanol–water partition coefficient (Wildman–Crippen LogP) is 1.72. The van der Waals surface area contributed by atoms with Crippen LogP contribution in [0.5, 0.6) is 0 Å². The highest BCUT2D eigenvalue weighted by molar-refractivity contribution is 5.13. The Morgan fingerprint density at radius 3 is 2.72 bits per heavy atom. The van der Waals surface area contributed by atoms with Gasteiger partial charge < -0.3 is 19.3 Å². The first-order valence-corrected chi connectivity index (χ1v) is 6.26. The van der Waals surface area contributed by atoms with E-state index in [9.17, 15) is 5.11 Å². The maximum absolute atomic E-state index is 9.17. The Labute approximate surface area is 107 Å². The minimum Gasteiger partial charge on any atom is -0.394 e. The van der Waals surface area contributed by atoms with Gasteiger partial charge in [-0.05, 0) is 5.56 Å². The van der Waals surface area contributed by atoms with Gasteiger partial charge in [0.1, 0.15) is 0 Å². The van der Waals surface area contributed by atoms with E-state index >= 15 is 0 Å². The van der Waals surface area contributed by atoms with E-state index in [4.69, 9.17) is 14.2 Å². The Morgan fingerprint density at radius 1 is 1.28 bits per heavy atom. The molecular formula is C14H20O4. The zero-order valence-electron chi connectivity index (χ0n) is 10.6. The summed E-state index contributed by atoms with van der Waals surface area (Å²) in [7, 11) is 1.61. The molecule has 0 aromatic heterocycles. The molecule has 1 fully saturated rings. The molecule has 1 unspecified atom stereocenters. The van der Waals surface area contributed by atoms with Crippen LogP contribution in [0.25, 0.3) is 0 Å². The summed E-state index contributed by atoms with van der Waals surface area (Å²) in [5, 5.41) is 9.17. The van der Waals surface area contributed by atoms with E-state index in [0.29, 0.717) is 19.4 Å². The van der Waals surface area contributed by atoms with E-state index in [0.717, 1.165) is 5.56 Å². The maximum Gasteiger partial charge on any atom is 0.160 e. The largest absolute Gasteiger partial charge is 0.394 e. The lowest BCUT2D eigenvalue weighted by atomic mass is 10.1. The molecule has 1 aromatic rings. The van der Waals surface area contributed by atoms with Gasteiger partial charge in [0, 0.05) is 20.0 Å². The highest BCUT2D eigenvalue weighted by Crippen LogP contribution is 2.23. The van der Waals surface area contributed by atoms with Crippen molar-refractivity contribution in [2.75, 3.05) is 13.7 Å². The second kappa shape index (κ2) is 6.85. The number of rotatable bonds is 5. The quantitative estimate of drug-likeness (QED) is 0.866. The molecule has 0 bridgehead atoms. The number of hydrogen-bond donors (Lipinski definition) is 1. The average Bonchev–Trinajstić information content (AvgIpc) is 2.45. The molecule has 1 saturated heterocycles. The summed E-state index contributed by atoms with van der Waals surface area (Å²) in [4.78, 5) is 0. The molecule has 0 amide bonds. The van der Waals surface area contributed by atoms with Crippen LogP contribution in [0, 0.1) is 0 Å². The van der Waals surface area contributed by atoms with Crippen LogP contribution in [0.2, 0.25) is 0 Å². The van der Waals surface area contributed by atoms with Crippen molar-refractivity contribution in [2.24, 2.45) is 0 Å². The SMILES string of the molecule is COC1C[C@H](OCc2ccccc2)C[C@@H](CO)O1. The second-order valence-corrected chi connectivity index (χ2v) is 4.50. The summed E-state index contributed by atoms with van der Waals surface area (Å²) in [5.74, 6) is 0. The fourth-order valence-corrected chi connectivity index (χ4v) is 2.12. The first-order valence-electron chi connectivity index (χ1n) is 6.26. The molecule has 1 heterocycles. The number of aliphatic hydroxyl groups excluding tert-OH is 1. The average molecular weight is 252 g/mol. The maximum atomic E-state index is 9.17. The number of methoxy groups -OCH3 is 1. The van der Waals surface area contributed by atoms with E-state index in [1.165, 1.54) is 0 Å². The Kier molecular flexibility index (Phi) is 5.13. The van der Waals surface area contributed by atoms with Crippen LogP contribution in [-0.4, -0.2) is 37.3 Å². The molecule has 1 aromatic carbocycles. The second-order valence-electron chi connectivity index (χ2n) is 4.50. The van der Waals surface area contributed by atoms with Crippen molar-refractivity contribution in [3.8, 4) is 0 Å². The lowest BCUT2D eigenvalue weighted by molar-refractivity contribution is -0.219. The monoisotopic (exact) mass is 252 g/mol. The van der Waals surface area contributed by atoms with Gasteiger partial charge in [0.15, 0.2) is 6.29 Å². The van der Waals surface area contributed by atoms with E-state index in [2.05, 4.69) is 0 Å². The van der Waals surface area contributed by atoms with Gasteiger partial charge in [-0.2, -0.15) is 0 Å². The van der Waals surface area contributed by atoms with Gasteiger partial charge >= 0.3 is 0 Å². The van der Waals surface area contributed by atoms with E-state index in [1.54, 1.807) is 7.11 Å². The van der Waals surface area contributed by atoms with Crippen LogP contribution in [0.1, 0.15) is 18.4 Å². The minimum atomic E-state index is -0.281. The summed E-state index contributed by atoms with van der Waals surface area (Å²) in [6, 6.07) is 10.1. The molecule has 3 atom stereocenters. The molecular weight excluding hydrogens is 232 g/mol. The zero-order chi connectivity index (χ0) is 12.8. The highest BCUT2D eigenvalue weighted by Gasteiger charge is 2.29. The standard InChI is InChI=1S/C14H20O4/c1-16-14-8-12(7-13(9-15)18-14)17-10-11-5-3-2-4-6-11/h2-6,12-15H,7-10H2,1H3/t12-,13+,14?/m1/s1. The number of ether oxygens (including phenoxy) is 3. The number of benzene rings is 1. The van der Waals surface area contributed by atoms with Gasteiger partial charge in [-0.15, -0.1) is 0 Å². The molecule has 0 radical (unpaired) electrons. The molecule has 4 heteroatoms. The van der Waals surface area contributed by atoms with Crippen LogP contribution >= 0.6 is 0 Å². The third-order valence-electron chi connectivity index (χ3n) is 3.12. The van der Waals surface area contributed by atoms with Crippen molar-refractivity contribution >= 4 is 0 Å². The van der Waals surface area contributed by atoms with Gasteiger partial charge in [-0.1, -0.05) is 30.3 Å². The van der Waals surface area contributed by atoms with E-state index in [-0.39, 0.29) is 25.1 Å².